The van der Waals surface area contributed by atoms with E-state index in [-0.39, 0.29) is 16.4 Å². The Hall–Kier alpha value is -3.21. The molecule has 0 bridgehead atoms. The molecule has 136 valence electrons. The Labute approximate surface area is 156 Å². The number of nitrogens with one attached hydrogen (secondary N) is 1. The van der Waals surface area contributed by atoms with Crippen LogP contribution >= 0.6 is 0 Å². The Morgan fingerprint density at radius 1 is 1.11 bits per heavy atom. The zero-order chi connectivity index (χ0) is 19.0. The van der Waals surface area contributed by atoms with Crippen molar-refractivity contribution in [1.29, 1.82) is 0 Å². The number of carbonyl (C=O) groups excluding carboxylic acids is 1. The van der Waals surface area contributed by atoms with E-state index >= 15 is 0 Å². The monoisotopic (exact) mass is 360 g/mol. The van der Waals surface area contributed by atoms with Crippen molar-refractivity contribution in [3.8, 4) is 0 Å². The minimum Gasteiger partial charge on any atom is -0.358 e. The average Bonchev–Trinajstić information content (AvgIpc) is 3.00. The van der Waals surface area contributed by atoms with Crippen LogP contribution < -0.4 is 0 Å². The molecule has 1 unspecified atom stereocenters. The molecule has 2 aromatic carbocycles. The van der Waals surface area contributed by atoms with E-state index < -0.39 is 5.92 Å². The molecule has 0 spiro atoms. The van der Waals surface area contributed by atoms with Crippen LogP contribution in [0.1, 0.15) is 42.0 Å². The number of nitro groups is 1. The molecule has 5 nitrogen and oxygen atoms in total. The maximum Gasteiger partial charge on any atom is 0.273 e. The fourth-order valence-corrected chi connectivity index (χ4v) is 4.10. The number of hydrogen-bond acceptors (Lipinski definition) is 3. The van der Waals surface area contributed by atoms with Gasteiger partial charge < -0.3 is 4.98 Å². The van der Waals surface area contributed by atoms with Crippen LogP contribution in [0.25, 0.3) is 10.9 Å². The Balaban J connectivity index is 2.03. The predicted octanol–water partition coefficient (Wildman–Crippen LogP) is 5.20. The van der Waals surface area contributed by atoms with E-state index in [2.05, 4.69) is 4.98 Å². The molecule has 0 aliphatic heterocycles. The molecule has 1 aliphatic carbocycles. The largest absolute Gasteiger partial charge is 0.358 e. The van der Waals surface area contributed by atoms with Gasteiger partial charge in [0.2, 0.25) is 0 Å². The summed E-state index contributed by atoms with van der Waals surface area (Å²) >= 11 is 0. The summed E-state index contributed by atoms with van der Waals surface area (Å²) in [6.07, 6.45) is 4.11. The first kappa shape index (κ1) is 17.2. The van der Waals surface area contributed by atoms with E-state index in [0.29, 0.717) is 17.6 Å². The molecule has 0 fully saturated rings. The van der Waals surface area contributed by atoms with Crippen molar-refractivity contribution >= 4 is 22.4 Å². The Morgan fingerprint density at radius 3 is 2.63 bits per heavy atom. The smallest absolute Gasteiger partial charge is 0.273 e. The van der Waals surface area contributed by atoms with Gasteiger partial charge in [0.1, 0.15) is 0 Å². The molecule has 0 radical (unpaired) electrons. The molecule has 4 rings (SSSR count). The maximum atomic E-state index is 12.8. The number of allylic oxidation sites excluding steroid dienone is 2. The zero-order valence-electron chi connectivity index (χ0n) is 15.1. The van der Waals surface area contributed by atoms with Crippen LogP contribution in [0.3, 0.4) is 0 Å². The molecule has 0 saturated carbocycles. The van der Waals surface area contributed by atoms with Gasteiger partial charge in [0.25, 0.3) is 5.69 Å². The maximum absolute atomic E-state index is 12.8. The first-order valence-electron chi connectivity index (χ1n) is 9.11. The SMILES string of the molecule is Cc1[nH]c2ccccc2c1C(C1=CCCCC1=O)c1ccccc1[N+](=O)[O-]. The van der Waals surface area contributed by atoms with Gasteiger partial charge in [0.15, 0.2) is 5.78 Å². The number of ketones is 1. The fraction of sp³-hybridized carbons (Fsp3) is 0.227. The van der Waals surface area contributed by atoms with Crippen LogP contribution in [0, 0.1) is 17.0 Å². The first-order chi connectivity index (χ1) is 13.1. The number of hydrogen-bond donors (Lipinski definition) is 1. The molecular weight excluding hydrogens is 340 g/mol. The molecular formula is C22H20N2O3. The number of Topliss-reactive ketones (excluding diaryl/α,β-unsaturated/α-hetero) is 1. The molecule has 1 heterocycles. The molecule has 0 saturated heterocycles. The van der Waals surface area contributed by atoms with Crippen LogP contribution in [0.4, 0.5) is 5.69 Å². The second kappa shape index (κ2) is 6.83. The van der Waals surface area contributed by atoms with Gasteiger partial charge >= 0.3 is 0 Å². The lowest BCUT2D eigenvalue weighted by Gasteiger charge is -2.23. The summed E-state index contributed by atoms with van der Waals surface area (Å²) in [7, 11) is 0. The number of rotatable bonds is 4. The Morgan fingerprint density at radius 2 is 1.85 bits per heavy atom. The minimum atomic E-state index is -0.449. The molecule has 1 aromatic heterocycles. The van der Waals surface area contributed by atoms with E-state index in [1.54, 1.807) is 18.2 Å². The molecule has 3 aromatic rings. The third kappa shape index (κ3) is 2.95. The number of aryl methyl sites for hydroxylation is 1. The number of H-pyrrole nitrogens is 1. The highest BCUT2D eigenvalue weighted by molar-refractivity contribution is 6.00. The summed E-state index contributed by atoms with van der Waals surface area (Å²) in [5.74, 6) is -0.371. The summed E-state index contributed by atoms with van der Waals surface area (Å²) in [5, 5.41) is 12.7. The van der Waals surface area contributed by atoms with E-state index in [1.807, 2.05) is 37.3 Å². The number of aromatic nitrogens is 1. The highest BCUT2D eigenvalue weighted by Crippen LogP contribution is 2.43. The summed E-state index contributed by atoms with van der Waals surface area (Å²) in [5.41, 5.74) is 4.13. The van der Waals surface area contributed by atoms with Gasteiger partial charge in [-0.25, -0.2) is 0 Å². The highest BCUT2D eigenvalue weighted by atomic mass is 16.6. The van der Waals surface area contributed by atoms with Gasteiger partial charge in [-0.15, -0.1) is 0 Å². The lowest BCUT2D eigenvalue weighted by Crippen LogP contribution is -2.17. The molecule has 1 aliphatic rings. The highest BCUT2D eigenvalue weighted by Gasteiger charge is 2.33. The average molecular weight is 360 g/mol. The normalized spacial score (nSPS) is 15.6. The molecule has 5 heteroatoms. The molecule has 27 heavy (non-hydrogen) atoms. The van der Waals surface area contributed by atoms with E-state index in [1.165, 1.54) is 6.07 Å². The second-order valence-corrected chi connectivity index (χ2v) is 6.93. The Bertz CT molecular complexity index is 1080. The number of fused-ring (bicyclic) bond motifs is 1. The van der Waals surface area contributed by atoms with Crippen LogP contribution in [0.15, 0.2) is 60.2 Å². The van der Waals surface area contributed by atoms with Crippen molar-refractivity contribution in [2.75, 3.05) is 0 Å². The summed E-state index contributed by atoms with van der Waals surface area (Å²) in [4.78, 5) is 27.5. The van der Waals surface area contributed by atoms with Crippen LogP contribution in [0.5, 0.6) is 0 Å². The van der Waals surface area contributed by atoms with Crippen molar-refractivity contribution < 1.29 is 9.72 Å². The lowest BCUT2D eigenvalue weighted by molar-refractivity contribution is -0.385. The molecule has 1 atom stereocenters. The summed E-state index contributed by atoms with van der Waals surface area (Å²) in [6.45, 7) is 1.96. The van der Waals surface area contributed by atoms with Gasteiger partial charge in [0, 0.05) is 46.1 Å². The van der Waals surface area contributed by atoms with E-state index in [9.17, 15) is 14.9 Å². The molecule has 0 amide bonds. The number of aromatic amines is 1. The quantitative estimate of drug-likeness (QED) is 0.513. The summed E-state index contributed by atoms with van der Waals surface area (Å²) < 4.78 is 0. The van der Waals surface area contributed by atoms with Crippen molar-refractivity contribution in [2.24, 2.45) is 0 Å². The van der Waals surface area contributed by atoms with Gasteiger partial charge in [-0.05, 0) is 31.4 Å². The lowest BCUT2D eigenvalue weighted by atomic mass is 9.78. The van der Waals surface area contributed by atoms with E-state index in [4.69, 9.17) is 0 Å². The fourth-order valence-electron chi connectivity index (χ4n) is 4.10. The number of carbonyl (C=O) groups is 1. The first-order valence-corrected chi connectivity index (χ1v) is 9.11. The third-order valence-electron chi connectivity index (χ3n) is 5.28. The van der Waals surface area contributed by atoms with Gasteiger partial charge in [-0.1, -0.05) is 42.5 Å². The third-order valence-corrected chi connectivity index (χ3v) is 5.28. The van der Waals surface area contributed by atoms with E-state index in [0.717, 1.165) is 35.0 Å². The van der Waals surface area contributed by atoms with Gasteiger partial charge in [-0.2, -0.15) is 0 Å². The van der Waals surface area contributed by atoms with Crippen LogP contribution in [0.2, 0.25) is 0 Å². The number of nitrogens with zero attached hydrogens (tertiary/aromatic N) is 1. The van der Waals surface area contributed by atoms with Crippen molar-refractivity contribution in [3.05, 3.63) is 87.1 Å². The van der Waals surface area contributed by atoms with Crippen molar-refractivity contribution in [3.63, 3.8) is 0 Å². The molecule has 1 N–H and O–H groups in total. The number of para-hydroxylation sites is 2. The second-order valence-electron chi connectivity index (χ2n) is 6.93. The number of nitro benzene ring substituents is 1. The number of benzene rings is 2. The minimum absolute atomic E-state index is 0.0476. The Kier molecular flexibility index (Phi) is 4.36. The standard InChI is InChI=1S/C22H20N2O3/c1-14-21(15-8-2-5-11-18(15)23-14)22(17-10-4-7-13-20(17)25)16-9-3-6-12-19(16)24(26)27/h2-3,5-6,8-12,22-23H,4,7,13H2,1H3. The van der Waals surface area contributed by atoms with Gasteiger partial charge in [-0.3, -0.25) is 14.9 Å². The van der Waals surface area contributed by atoms with Crippen LogP contribution in [-0.4, -0.2) is 15.7 Å². The topological polar surface area (TPSA) is 76.0 Å². The van der Waals surface area contributed by atoms with Gasteiger partial charge in [0.05, 0.1) is 4.92 Å². The summed E-state index contributed by atoms with van der Waals surface area (Å²) in [6, 6.07) is 14.6. The zero-order valence-corrected chi connectivity index (χ0v) is 15.1. The predicted molar refractivity (Wildman–Crippen MR) is 105 cm³/mol. The van der Waals surface area contributed by atoms with Crippen molar-refractivity contribution in [2.45, 2.75) is 32.1 Å². The van der Waals surface area contributed by atoms with Crippen LogP contribution in [-0.2, 0) is 4.79 Å². The van der Waals surface area contributed by atoms with Crippen molar-refractivity contribution in [1.82, 2.24) is 4.98 Å².